The zero-order valence-electron chi connectivity index (χ0n) is 9.10. The van der Waals surface area contributed by atoms with Crippen molar-refractivity contribution < 1.29 is 13.7 Å². The van der Waals surface area contributed by atoms with E-state index < -0.39 is 22.0 Å². The molecule has 0 fully saturated rings. The van der Waals surface area contributed by atoms with Crippen LogP contribution in [0.25, 0.3) is 0 Å². The van der Waals surface area contributed by atoms with Gasteiger partial charge in [0.15, 0.2) is 0 Å². The fraction of sp³-hybridized carbons (Fsp3) is 0.364. The molecule has 0 aromatic heterocycles. The summed E-state index contributed by atoms with van der Waals surface area (Å²) in [6.45, 7) is 3.64. The SMILES string of the molecule is CCOC(=O)C(C)S(=O)c1ccc(Br)cc1. The Labute approximate surface area is 106 Å². The van der Waals surface area contributed by atoms with Crippen LogP contribution in [0.1, 0.15) is 13.8 Å². The highest BCUT2D eigenvalue weighted by molar-refractivity contribution is 9.10. The predicted octanol–water partition coefficient (Wildman–Crippen LogP) is 2.51. The third-order valence-corrected chi connectivity index (χ3v) is 4.09. The molecule has 1 rings (SSSR count). The fourth-order valence-corrected chi connectivity index (χ4v) is 2.44. The predicted molar refractivity (Wildman–Crippen MR) is 66.6 cm³/mol. The first-order valence-electron chi connectivity index (χ1n) is 4.89. The number of rotatable bonds is 4. The summed E-state index contributed by atoms with van der Waals surface area (Å²) in [5, 5.41) is -0.638. The van der Waals surface area contributed by atoms with Gasteiger partial charge in [-0.3, -0.25) is 9.00 Å². The number of hydrogen-bond acceptors (Lipinski definition) is 3. The lowest BCUT2D eigenvalue weighted by atomic mass is 10.4. The molecule has 3 nitrogen and oxygen atoms in total. The molecule has 0 saturated carbocycles. The van der Waals surface area contributed by atoms with Crippen LogP contribution < -0.4 is 0 Å². The monoisotopic (exact) mass is 304 g/mol. The molecule has 2 atom stereocenters. The van der Waals surface area contributed by atoms with Crippen LogP contribution in [0.2, 0.25) is 0 Å². The average Bonchev–Trinajstić information content (AvgIpc) is 2.28. The van der Waals surface area contributed by atoms with E-state index in [0.717, 1.165) is 4.47 Å². The lowest BCUT2D eigenvalue weighted by Gasteiger charge is -2.10. The van der Waals surface area contributed by atoms with E-state index in [1.807, 2.05) is 0 Å². The van der Waals surface area contributed by atoms with Crippen molar-refractivity contribution in [2.45, 2.75) is 24.0 Å². The van der Waals surface area contributed by atoms with Gasteiger partial charge in [0.05, 0.1) is 17.4 Å². The number of benzene rings is 1. The molecule has 5 heteroatoms. The molecule has 1 aromatic rings. The van der Waals surface area contributed by atoms with E-state index in [2.05, 4.69) is 15.9 Å². The summed E-state index contributed by atoms with van der Waals surface area (Å²) in [6.07, 6.45) is 0. The smallest absolute Gasteiger partial charge is 0.321 e. The molecule has 0 amide bonds. The van der Waals surface area contributed by atoms with Crippen LogP contribution in [0, 0.1) is 0 Å². The zero-order valence-corrected chi connectivity index (χ0v) is 11.5. The number of carbonyl (C=O) groups is 1. The van der Waals surface area contributed by atoms with Gasteiger partial charge in [0.1, 0.15) is 5.25 Å². The van der Waals surface area contributed by atoms with Crippen molar-refractivity contribution in [1.29, 1.82) is 0 Å². The van der Waals surface area contributed by atoms with Crippen molar-refractivity contribution in [2.24, 2.45) is 0 Å². The van der Waals surface area contributed by atoms with Gasteiger partial charge in [-0.2, -0.15) is 0 Å². The second kappa shape index (κ2) is 6.15. The Bertz CT molecular complexity index is 389. The van der Waals surface area contributed by atoms with Gasteiger partial charge in [0.2, 0.25) is 0 Å². The molecule has 0 aliphatic rings. The van der Waals surface area contributed by atoms with E-state index in [1.165, 1.54) is 0 Å². The number of esters is 1. The number of halogens is 1. The number of ether oxygens (including phenoxy) is 1. The van der Waals surface area contributed by atoms with Crippen LogP contribution in [0.4, 0.5) is 0 Å². The Hall–Kier alpha value is -0.680. The topological polar surface area (TPSA) is 43.4 Å². The van der Waals surface area contributed by atoms with Crippen molar-refractivity contribution in [3.8, 4) is 0 Å². The first-order chi connectivity index (χ1) is 7.56. The maximum Gasteiger partial charge on any atom is 0.321 e. The van der Waals surface area contributed by atoms with E-state index in [9.17, 15) is 9.00 Å². The minimum Gasteiger partial charge on any atom is -0.465 e. The van der Waals surface area contributed by atoms with Crippen LogP contribution >= 0.6 is 15.9 Å². The lowest BCUT2D eigenvalue weighted by Crippen LogP contribution is -2.24. The Morgan fingerprint density at radius 1 is 1.44 bits per heavy atom. The molecule has 0 saturated heterocycles. The third-order valence-electron chi connectivity index (χ3n) is 1.99. The molecular formula is C11H13BrO3S. The average molecular weight is 305 g/mol. The van der Waals surface area contributed by atoms with E-state index in [4.69, 9.17) is 4.74 Å². The quantitative estimate of drug-likeness (QED) is 0.803. The van der Waals surface area contributed by atoms with Gasteiger partial charge >= 0.3 is 5.97 Å². The van der Waals surface area contributed by atoms with Crippen LogP contribution in [0.5, 0.6) is 0 Å². The van der Waals surface area contributed by atoms with Gasteiger partial charge in [0, 0.05) is 9.37 Å². The van der Waals surface area contributed by atoms with Crippen molar-refractivity contribution >= 4 is 32.7 Å². The molecule has 0 bridgehead atoms. The third kappa shape index (κ3) is 3.42. The highest BCUT2D eigenvalue weighted by atomic mass is 79.9. The first kappa shape index (κ1) is 13.4. The second-order valence-electron chi connectivity index (χ2n) is 3.15. The van der Waals surface area contributed by atoms with Gasteiger partial charge in [-0.1, -0.05) is 15.9 Å². The Kier molecular flexibility index (Phi) is 5.15. The zero-order chi connectivity index (χ0) is 12.1. The van der Waals surface area contributed by atoms with Crippen molar-refractivity contribution in [3.63, 3.8) is 0 Å². The van der Waals surface area contributed by atoms with Gasteiger partial charge in [-0.05, 0) is 38.1 Å². The van der Waals surface area contributed by atoms with Crippen LogP contribution in [-0.2, 0) is 20.3 Å². The van der Waals surface area contributed by atoms with E-state index in [1.54, 1.807) is 38.1 Å². The minimum atomic E-state index is -1.36. The standard InChI is InChI=1S/C11H13BrO3S/c1-3-15-11(13)8(2)16(14)10-6-4-9(12)5-7-10/h4-8H,3H2,1-2H3. The van der Waals surface area contributed by atoms with Crippen LogP contribution in [0.15, 0.2) is 33.6 Å². The number of hydrogen-bond donors (Lipinski definition) is 0. The number of carbonyl (C=O) groups excluding carboxylic acids is 1. The largest absolute Gasteiger partial charge is 0.465 e. The Morgan fingerprint density at radius 2 is 2.00 bits per heavy atom. The molecule has 88 valence electrons. The fourth-order valence-electron chi connectivity index (χ4n) is 1.12. The molecule has 0 radical (unpaired) electrons. The Morgan fingerprint density at radius 3 is 2.50 bits per heavy atom. The van der Waals surface area contributed by atoms with Crippen molar-refractivity contribution in [3.05, 3.63) is 28.7 Å². The van der Waals surface area contributed by atoms with Crippen molar-refractivity contribution in [2.75, 3.05) is 6.61 Å². The molecule has 0 aliphatic carbocycles. The van der Waals surface area contributed by atoms with E-state index in [-0.39, 0.29) is 0 Å². The summed E-state index contributed by atoms with van der Waals surface area (Å²) >= 11 is 3.29. The summed E-state index contributed by atoms with van der Waals surface area (Å²) in [5.74, 6) is -0.427. The van der Waals surface area contributed by atoms with Gasteiger partial charge in [-0.15, -0.1) is 0 Å². The summed E-state index contributed by atoms with van der Waals surface area (Å²) in [6, 6.07) is 7.06. The van der Waals surface area contributed by atoms with E-state index in [0.29, 0.717) is 11.5 Å². The van der Waals surface area contributed by atoms with Crippen LogP contribution in [0.3, 0.4) is 0 Å². The maximum atomic E-state index is 12.0. The molecule has 1 aromatic carbocycles. The summed E-state index contributed by atoms with van der Waals surface area (Å²) in [4.78, 5) is 12.0. The molecule has 0 aliphatic heterocycles. The first-order valence-corrected chi connectivity index (χ1v) is 6.89. The minimum absolute atomic E-state index is 0.306. The Balaban J connectivity index is 2.78. The molecule has 0 N–H and O–H groups in total. The summed E-state index contributed by atoms with van der Waals surface area (Å²) < 4.78 is 17.7. The van der Waals surface area contributed by atoms with E-state index >= 15 is 0 Å². The second-order valence-corrected chi connectivity index (χ2v) is 5.83. The highest BCUT2D eigenvalue weighted by Crippen LogP contribution is 2.16. The maximum absolute atomic E-state index is 12.0. The summed E-state index contributed by atoms with van der Waals surface area (Å²) in [5.41, 5.74) is 0. The van der Waals surface area contributed by atoms with Gasteiger partial charge in [-0.25, -0.2) is 0 Å². The molecule has 16 heavy (non-hydrogen) atoms. The van der Waals surface area contributed by atoms with Crippen LogP contribution in [-0.4, -0.2) is 22.0 Å². The van der Waals surface area contributed by atoms with Crippen molar-refractivity contribution in [1.82, 2.24) is 0 Å². The van der Waals surface area contributed by atoms with Gasteiger partial charge in [0.25, 0.3) is 0 Å². The molecule has 0 spiro atoms. The normalized spacial score (nSPS) is 14.2. The lowest BCUT2D eigenvalue weighted by molar-refractivity contribution is -0.142. The highest BCUT2D eigenvalue weighted by Gasteiger charge is 2.22. The molecule has 0 heterocycles. The molecule has 2 unspecified atom stereocenters. The summed E-state index contributed by atoms with van der Waals surface area (Å²) in [7, 11) is -1.36. The molecular weight excluding hydrogens is 292 g/mol. The van der Waals surface area contributed by atoms with Gasteiger partial charge < -0.3 is 4.74 Å².